The van der Waals surface area contributed by atoms with Crippen LogP contribution in [0.4, 0.5) is 5.69 Å². The van der Waals surface area contributed by atoms with Crippen LogP contribution in [0.3, 0.4) is 0 Å². The Morgan fingerprint density at radius 1 is 1.10 bits per heavy atom. The van der Waals surface area contributed by atoms with Crippen molar-refractivity contribution in [2.45, 2.75) is 45.8 Å². The molecule has 156 valence electrons. The summed E-state index contributed by atoms with van der Waals surface area (Å²) in [6.07, 6.45) is 1.69. The fraction of sp³-hybridized carbons (Fsp3) is 0.435. The molecular weight excluding hydrogens is 388 g/mol. The number of ether oxygens (including phenoxy) is 2. The number of benzene rings is 2. The van der Waals surface area contributed by atoms with E-state index < -0.39 is 6.10 Å². The SMILES string of the molecule is Cc1cc(O[C@@H](C)C(=O)Nc2ccc(OC3CCN(C)CC3)cc2)cc(C)c1Cl. The second-order valence-corrected chi connectivity index (χ2v) is 8.14. The summed E-state index contributed by atoms with van der Waals surface area (Å²) in [5, 5.41) is 3.61. The molecule has 0 unspecified atom stereocenters. The lowest BCUT2D eigenvalue weighted by molar-refractivity contribution is -0.122. The molecule has 29 heavy (non-hydrogen) atoms. The van der Waals surface area contributed by atoms with Gasteiger partial charge in [0.1, 0.15) is 17.6 Å². The molecule has 1 N–H and O–H groups in total. The summed E-state index contributed by atoms with van der Waals surface area (Å²) < 4.78 is 11.8. The molecule has 2 aromatic carbocycles. The maximum atomic E-state index is 12.5. The summed E-state index contributed by atoms with van der Waals surface area (Å²) >= 11 is 6.19. The molecule has 3 rings (SSSR count). The van der Waals surface area contributed by atoms with Crippen LogP contribution in [-0.2, 0) is 4.79 Å². The molecule has 1 aliphatic heterocycles. The van der Waals surface area contributed by atoms with E-state index in [1.807, 2.05) is 50.2 Å². The number of carbonyl (C=O) groups excluding carboxylic acids is 1. The van der Waals surface area contributed by atoms with Gasteiger partial charge < -0.3 is 19.7 Å². The molecule has 0 aromatic heterocycles. The van der Waals surface area contributed by atoms with Gasteiger partial charge in [0.25, 0.3) is 5.91 Å². The van der Waals surface area contributed by atoms with Crippen molar-refractivity contribution in [3.05, 3.63) is 52.5 Å². The molecule has 0 aliphatic carbocycles. The van der Waals surface area contributed by atoms with Crippen molar-refractivity contribution in [3.8, 4) is 11.5 Å². The number of halogens is 1. The third-order valence-corrected chi connectivity index (χ3v) is 5.78. The van der Waals surface area contributed by atoms with Crippen molar-refractivity contribution < 1.29 is 14.3 Å². The summed E-state index contributed by atoms with van der Waals surface area (Å²) in [5.74, 6) is 1.25. The van der Waals surface area contributed by atoms with Crippen LogP contribution < -0.4 is 14.8 Å². The van der Waals surface area contributed by atoms with E-state index in [1.165, 1.54) is 0 Å². The third kappa shape index (κ3) is 5.87. The van der Waals surface area contributed by atoms with E-state index in [9.17, 15) is 4.79 Å². The first-order valence-corrected chi connectivity index (χ1v) is 10.4. The van der Waals surface area contributed by atoms with Gasteiger partial charge in [0.05, 0.1) is 0 Å². The van der Waals surface area contributed by atoms with Crippen LogP contribution in [0.25, 0.3) is 0 Å². The van der Waals surface area contributed by atoms with Crippen molar-refractivity contribution in [3.63, 3.8) is 0 Å². The van der Waals surface area contributed by atoms with E-state index >= 15 is 0 Å². The molecule has 1 saturated heterocycles. The van der Waals surface area contributed by atoms with Gasteiger partial charge in [-0.1, -0.05) is 11.6 Å². The summed E-state index contributed by atoms with van der Waals surface area (Å²) in [7, 11) is 2.13. The molecule has 0 bridgehead atoms. The standard InChI is InChI=1S/C23H29ClN2O3/c1-15-13-21(14-16(2)22(15)24)28-17(3)23(27)25-18-5-7-19(8-6-18)29-20-9-11-26(4)12-10-20/h5-8,13-14,17,20H,9-12H2,1-4H3,(H,25,27)/t17-/m0/s1. The average molecular weight is 417 g/mol. The van der Waals surface area contributed by atoms with Gasteiger partial charge in [0, 0.05) is 23.8 Å². The van der Waals surface area contributed by atoms with Crippen LogP contribution in [0.5, 0.6) is 11.5 Å². The third-order valence-electron chi connectivity index (χ3n) is 5.18. The van der Waals surface area contributed by atoms with Gasteiger partial charge in [-0.3, -0.25) is 4.79 Å². The zero-order chi connectivity index (χ0) is 21.0. The lowest BCUT2D eigenvalue weighted by Gasteiger charge is -2.29. The highest BCUT2D eigenvalue weighted by Gasteiger charge is 2.19. The van der Waals surface area contributed by atoms with Crippen LogP contribution in [0.1, 0.15) is 30.9 Å². The Morgan fingerprint density at radius 2 is 1.69 bits per heavy atom. The largest absolute Gasteiger partial charge is 0.490 e. The topological polar surface area (TPSA) is 50.8 Å². The number of hydrogen-bond acceptors (Lipinski definition) is 4. The Hall–Kier alpha value is -2.24. The highest BCUT2D eigenvalue weighted by Crippen LogP contribution is 2.27. The second kappa shape index (κ2) is 9.51. The minimum atomic E-state index is -0.634. The van der Waals surface area contributed by atoms with Gasteiger partial charge in [-0.2, -0.15) is 0 Å². The Labute approximate surface area is 177 Å². The van der Waals surface area contributed by atoms with E-state index in [4.69, 9.17) is 21.1 Å². The van der Waals surface area contributed by atoms with Gasteiger partial charge in [0.15, 0.2) is 6.10 Å². The lowest BCUT2D eigenvalue weighted by atomic mass is 10.1. The van der Waals surface area contributed by atoms with Gasteiger partial charge in [-0.25, -0.2) is 0 Å². The fourth-order valence-corrected chi connectivity index (χ4v) is 3.50. The molecule has 6 heteroatoms. The van der Waals surface area contributed by atoms with E-state index in [2.05, 4.69) is 17.3 Å². The van der Waals surface area contributed by atoms with Crippen LogP contribution in [0, 0.1) is 13.8 Å². The monoisotopic (exact) mass is 416 g/mol. The molecule has 5 nitrogen and oxygen atoms in total. The number of piperidine rings is 1. The highest BCUT2D eigenvalue weighted by atomic mass is 35.5. The molecule has 0 radical (unpaired) electrons. The number of nitrogens with one attached hydrogen (secondary N) is 1. The number of amides is 1. The molecule has 0 spiro atoms. The molecule has 1 atom stereocenters. The number of hydrogen-bond donors (Lipinski definition) is 1. The van der Waals surface area contributed by atoms with Gasteiger partial charge in [-0.15, -0.1) is 0 Å². The Kier molecular flexibility index (Phi) is 7.04. The van der Waals surface area contributed by atoms with Crippen LogP contribution in [0.15, 0.2) is 36.4 Å². The highest BCUT2D eigenvalue weighted by molar-refractivity contribution is 6.32. The Bertz CT molecular complexity index is 823. The summed E-state index contributed by atoms with van der Waals surface area (Å²) in [6.45, 7) is 7.68. The molecule has 0 saturated carbocycles. The first-order chi connectivity index (χ1) is 13.8. The van der Waals surface area contributed by atoms with Crippen LogP contribution in [0.2, 0.25) is 5.02 Å². The maximum absolute atomic E-state index is 12.5. The number of carbonyl (C=O) groups is 1. The number of anilines is 1. The van der Waals surface area contributed by atoms with Crippen molar-refractivity contribution in [2.24, 2.45) is 0 Å². The molecule has 2 aromatic rings. The molecule has 1 fully saturated rings. The molecule has 1 amide bonds. The summed E-state index contributed by atoms with van der Waals surface area (Å²) in [4.78, 5) is 14.8. The predicted octanol–water partition coefficient (Wildman–Crippen LogP) is 4.84. The van der Waals surface area contributed by atoms with Gasteiger partial charge in [0.2, 0.25) is 0 Å². The lowest BCUT2D eigenvalue weighted by Crippen LogP contribution is -2.35. The van der Waals surface area contributed by atoms with Crippen molar-refractivity contribution in [1.82, 2.24) is 4.90 Å². The fourth-order valence-electron chi connectivity index (χ4n) is 3.39. The van der Waals surface area contributed by atoms with Crippen molar-refractivity contribution >= 4 is 23.2 Å². The molecule has 1 heterocycles. The predicted molar refractivity (Wildman–Crippen MR) is 117 cm³/mol. The van der Waals surface area contributed by atoms with Gasteiger partial charge >= 0.3 is 0 Å². The van der Waals surface area contributed by atoms with Crippen LogP contribution >= 0.6 is 11.6 Å². The zero-order valence-corrected chi connectivity index (χ0v) is 18.3. The number of likely N-dealkylation sites (tertiary alicyclic amines) is 1. The average Bonchev–Trinajstić information content (AvgIpc) is 2.69. The van der Waals surface area contributed by atoms with E-state index in [0.29, 0.717) is 11.4 Å². The second-order valence-electron chi connectivity index (χ2n) is 7.77. The Balaban J connectivity index is 1.53. The summed E-state index contributed by atoms with van der Waals surface area (Å²) in [5.41, 5.74) is 2.56. The molecule has 1 aliphatic rings. The first kappa shape index (κ1) is 21.5. The first-order valence-electron chi connectivity index (χ1n) is 10.0. The van der Waals surface area contributed by atoms with Gasteiger partial charge in [-0.05, 0) is 88.2 Å². The minimum Gasteiger partial charge on any atom is -0.490 e. The number of aryl methyl sites for hydroxylation is 2. The smallest absolute Gasteiger partial charge is 0.265 e. The Morgan fingerprint density at radius 3 is 2.28 bits per heavy atom. The number of rotatable bonds is 6. The molecular formula is C23H29ClN2O3. The normalized spacial score (nSPS) is 16.3. The van der Waals surface area contributed by atoms with Crippen molar-refractivity contribution in [1.29, 1.82) is 0 Å². The van der Waals surface area contributed by atoms with Crippen molar-refractivity contribution in [2.75, 3.05) is 25.5 Å². The van der Waals surface area contributed by atoms with Crippen LogP contribution in [-0.4, -0.2) is 43.2 Å². The van der Waals surface area contributed by atoms with E-state index in [-0.39, 0.29) is 12.0 Å². The minimum absolute atomic E-state index is 0.209. The van der Waals surface area contributed by atoms with E-state index in [1.54, 1.807) is 6.92 Å². The van der Waals surface area contributed by atoms with E-state index in [0.717, 1.165) is 47.8 Å². The maximum Gasteiger partial charge on any atom is 0.265 e. The summed E-state index contributed by atoms with van der Waals surface area (Å²) in [6, 6.07) is 11.2. The number of nitrogens with zero attached hydrogens (tertiary/aromatic N) is 1. The zero-order valence-electron chi connectivity index (χ0n) is 17.5. The quantitative estimate of drug-likeness (QED) is 0.732.